The molecule has 0 saturated heterocycles. The van der Waals surface area contributed by atoms with E-state index < -0.39 is 0 Å². The second-order valence-electron chi connectivity index (χ2n) is 4.51. The van der Waals surface area contributed by atoms with Crippen LogP contribution in [-0.4, -0.2) is 18.6 Å². The lowest BCUT2D eigenvalue weighted by atomic mass is 10.1. The van der Waals surface area contributed by atoms with E-state index in [1.54, 1.807) is 0 Å². The van der Waals surface area contributed by atoms with E-state index in [0.29, 0.717) is 6.61 Å². The predicted octanol–water partition coefficient (Wildman–Crippen LogP) is 2.99. The number of nitrogens with one attached hydrogen (secondary N) is 1. The SMILES string of the molecule is CCOC(=O)C(CC)N[C@@H](C)c1ccc(C)cc1. The minimum absolute atomic E-state index is 0.139. The quantitative estimate of drug-likeness (QED) is 0.788. The molecule has 0 radical (unpaired) electrons. The van der Waals surface area contributed by atoms with E-state index in [9.17, 15) is 4.79 Å². The van der Waals surface area contributed by atoms with E-state index >= 15 is 0 Å². The Bertz CT molecular complexity index is 373. The van der Waals surface area contributed by atoms with Crippen molar-refractivity contribution >= 4 is 5.97 Å². The molecule has 3 nitrogen and oxygen atoms in total. The van der Waals surface area contributed by atoms with E-state index in [1.807, 2.05) is 13.8 Å². The fourth-order valence-corrected chi connectivity index (χ4v) is 1.85. The zero-order valence-electron chi connectivity index (χ0n) is 11.7. The number of benzene rings is 1. The first-order chi connectivity index (χ1) is 8.58. The van der Waals surface area contributed by atoms with E-state index in [0.717, 1.165) is 6.42 Å². The van der Waals surface area contributed by atoms with E-state index in [-0.39, 0.29) is 18.1 Å². The van der Waals surface area contributed by atoms with Crippen LogP contribution in [0.2, 0.25) is 0 Å². The number of hydrogen-bond acceptors (Lipinski definition) is 3. The van der Waals surface area contributed by atoms with Gasteiger partial charge in [-0.3, -0.25) is 10.1 Å². The number of ether oxygens (including phenoxy) is 1. The normalized spacial score (nSPS) is 14.0. The van der Waals surface area contributed by atoms with Gasteiger partial charge < -0.3 is 4.74 Å². The highest BCUT2D eigenvalue weighted by Crippen LogP contribution is 2.14. The van der Waals surface area contributed by atoms with Crippen LogP contribution in [-0.2, 0) is 9.53 Å². The Hall–Kier alpha value is -1.35. The van der Waals surface area contributed by atoms with Crippen LogP contribution in [0.1, 0.15) is 44.4 Å². The third-order valence-corrected chi connectivity index (χ3v) is 3.01. The smallest absolute Gasteiger partial charge is 0.323 e. The van der Waals surface area contributed by atoms with Gasteiger partial charge in [-0.1, -0.05) is 36.8 Å². The van der Waals surface area contributed by atoms with Crippen LogP contribution in [0.15, 0.2) is 24.3 Å². The molecule has 3 heteroatoms. The highest BCUT2D eigenvalue weighted by molar-refractivity contribution is 5.75. The van der Waals surface area contributed by atoms with Crippen molar-refractivity contribution < 1.29 is 9.53 Å². The van der Waals surface area contributed by atoms with Crippen LogP contribution in [0.4, 0.5) is 0 Å². The maximum absolute atomic E-state index is 11.7. The van der Waals surface area contributed by atoms with E-state index in [1.165, 1.54) is 11.1 Å². The van der Waals surface area contributed by atoms with Crippen molar-refractivity contribution in [3.63, 3.8) is 0 Å². The number of carbonyl (C=O) groups excluding carboxylic acids is 1. The van der Waals surface area contributed by atoms with Crippen molar-refractivity contribution in [2.24, 2.45) is 0 Å². The molecule has 1 unspecified atom stereocenters. The lowest BCUT2D eigenvalue weighted by Crippen LogP contribution is -2.39. The number of esters is 1. The zero-order valence-corrected chi connectivity index (χ0v) is 11.7. The fraction of sp³-hybridized carbons (Fsp3) is 0.533. The standard InChI is InChI=1S/C15H23NO2/c1-5-14(15(17)18-6-2)16-12(4)13-9-7-11(3)8-10-13/h7-10,12,14,16H,5-6H2,1-4H3/t12-,14?/m0/s1. The summed E-state index contributed by atoms with van der Waals surface area (Å²) in [6, 6.07) is 8.24. The molecule has 0 aliphatic carbocycles. The van der Waals surface area contributed by atoms with E-state index in [2.05, 4.69) is 43.4 Å². The summed E-state index contributed by atoms with van der Waals surface area (Å²) in [5.74, 6) is -0.168. The van der Waals surface area contributed by atoms with Gasteiger partial charge in [0.15, 0.2) is 0 Å². The Morgan fingerprint density at radius 1 is 1.28 bits per heavy atom. The van der Waals surface area contributed by atoms with Crippen LogP contribution >= 0.6 is 0 Å². The molecule has 0 fully saturated rings. The Labute approximate surface area is 110 Å². The minimum Gasteiger partial charge on any atom is -0.465 e. The van der Waals surface area contributed by atoms with Crippen molar-refractivity contribution in [1.29, 1.82) is 0 Å². The molecule has 1 aromatic rings. The van der Waals surface area contributed by atoms with Gasteiger partial charge in [0.05, 0.1) is 6.61 Å². The molecule has 100 valence electrons. The molecule has 0 bridgehead atoms. The maximum atomic E-state index is 11.7. The van der Waals surface area contributed by atoms with Gasteiger partial charge in [-0.2, -0.15) is 0 Å². The third kappa shape index (κ3) is 4.15. The van der Waals surface area contributed by atoms with Gasteiger partial charge >= 0.3 is 5.97 Å². The summed E-state index contributed by atoms with van der Waals surface area (Å²) in [6.45, 7) is 8.36. The number of aryl methyl sites for hydroxylation is 1. The van der Waals surface area contributed by atoms with Crippen molar-refractivity contribution in [3.8, 4) is 0 Å². The number of hydrogen-bond donors (Lipinski definition) is 1. The first-order valence-corrected chi connectivity index (χ1v) is 6.57. The molecule has 2 atom stereocenters. The van der Waals surface area contributed by atoms with Gasteiger partial charge in [-0.05, 0) is 32.8 Å². The Kier molecular flexibility index (Phi) is 5.86. The molecule has 0 spiro atoms. The van der Waals surface area contributed by atoms with Gasteiger partial charge in [0, 0.05) is 6.04 Å². The van der Waals surface area contributed by atoms with Crippen LogP contribution in [0.25, 0.3) is 0 Å². The lowest BCUT2D eigenvalue weighted by Gasteiger charge is -2.21. The van der Waals surface area contributed by atoms with Gasteiger partial charge in [0.1, 0.15) is 6.04 Å². The summed E-state index contributed by atoms with van der Waals surface area (Å²) in [4.78, 5) is 11.7. The molecule has 1 aromatic carbocycles. The number of rotatable bonds is 6. The topological polar surface area (TPSA) is 38.3 Å². The van der Waals surface area contributed by atoms with Gasteiger partial charge in [-0.25, -0.2) is 0 Å². The predicted molar refractivity (Wildman–Crippen MR) is 73.4 cm³/mol. The molecule has 18 heavy (non-hydrogen) atoms. The average Bonchev–Trinajstić information content (AvgIpc) is 2.36. The summed E-state index contributed by atoms with van der Waals surface area (Å²) < 4.78 is 5.05. The summed E-state index contributed by atoms with van der Waals surface area (Å²) in [6.07, 6.45) is 0.731. The first-order valence-electron chi connectivity index (χ1n) is 6.57. The molecule has 0 aliphatic heterocycles. The van der Waals surface area contributed by atoms with Crippen LogP contribution in [0.5, 0.6) is 0 Å². The van der Waals surface area contributed by atoms with Crippen LogP contribution < -0.4 is 5.32 Å². The van der Waals surface area contributed by atoms with Crippen molar-refractivity contribution in [2.75, 3.05) is 6.61 Å². The minimum atomic E-state index is -0.235. The molecule has 1 rings (SSSR count). The maximum Gasteiger partial charge on any atom is 0.323 e. The van der Waals surface area contributed by atoms with Crippen molar-refractivity contribution in [2.45, 2.75) is 46.2 Å². The van der Waals surface area contributed by atoms with Gasteiger partial charge in [-0.15, -0.1) is 0 Å². The zero-order chi connectivity index (χ0) is 13.5. The summed E-state index contributed by atoms with van der Waals surface area (Å²) in [5.41, 5.74) is 2.42. The van der Waals surface area contributed by atoms with Gasteiger partial charge in [0.25, 0.3) is 0 Å². The molecule has 0 aromatic heterocycles. The molecular weight excluding hydrogens is 226 g/mol. The molecule has 0 aliphatic rings. The van der Waals surface area contributed by atoms with Gasteiger partial charge in [0.2, 0.25) is 0 Å². The molecule has 0 heterocycles. The second-order valence-corrected chi connectivity index (χ2v) is 4.51. The van der Waals surface area contributed by atoms with Crippen molar-refractivity contribution in [1.82, 2.24) is 5.32 Å². The summed E-state index contributed by atoms with van der Waals surface area (Å²) in [7, 11) is 0. The monoisotopic (exact) mass is 249 g/mol. The van der Waals surface area contributed by atoms with E-state index in [4.69, 9.17) is 4.74 Å². The highest BCUT2D eigenvalue weighted by atomic mass is 16.5. The highest BCUT2D eigenvalue weighted by Gasteiger charge is 2.19. The Balaban J connectivity index is 2.64. The summed E-state index contributed by atoms with van der Waals surface area (Å²) in [5, 5.41) is 3.31. The lowest BCUT2D eigenvalue weighted by molar-refractivity contribution is -0.145. The molecule has 1 N–H and O–H groups in total. The largest absolute Gasteiger partial charge is 0.465 e. The Morgan fingerprint density at radius 3 is 2.39 bits per heavy atom. The second kappa shape index (κ2) is 7.17. The number of carbonyl (C=O) groups is 1. The third-order valence-electron chi connectivity index (χ3n) is 3.01. The average molecular weight is 249 g/mol. The molecule has 0 amide bonds. The van der Waals surface area contributed by atoms with Crippen LogP contribution in [0.3, 0.4) is 0 Å². The fourth-order valence-electron chi connectivity index (χ4n) is 1.85. The first kappa shape index (κ1) is 14.7. The molecular formula is C15H23NO2. The van der Waals surface area contributed by atoms with Crippen LogP contribution in [0, 0.1) is 6.92 Å². The van der Waals surface area contributed by atoms with Crippen molar-refractivity contribution in [3.05, 3.63) is 35.4 Å². The Morgan fingerprint density at radius 2 is 1.89 bits per heavy atom. The summed E-state index contributed by atoms with van der Waals surface area (Å²) >= 11 is 0. The molecule has 0 saturated carbocycles.